The van der Waals surface area contributed by atoms with E-state index in [1.807, 2.05) is 0 Å². The Morgan fingerprint density at radius 1 is 0.481 bits per heavy atom. The molecule has 29 nitrogen and oxygen atoms in total. The molecule has 0 aromatic rings. The summed E-state index contributed by atoms with van der Waals surface area (Å²) in [6, 6.07) is -13.4. The van der Waals surface area contributed by atoms with Crippen molar-refractivity contribution in [2.24, 2.45) is 17.6 Å². The lowest BCUT2D eigenvalue weighted by Gasteiger charge is -2.35. The Morgan fingerprint density at radius 3 is 1.28 bits per heavy atom. The van der Waals surface area contributed by atoms with Gasteiger partial charge < -0.3 is 77.7 Å². The summed E-state index contributed by atoms with van der Waals surface area (Å²) in [6.07, 6.45) is 2.17. The third-order valence-electron chi connectivity index (χ3n) is 15.1. The highest BCUT2D eigenvalue weighted by Gasteiger charge is 2.44. The third kappa shape index (κ3) is 17.0. The second-order valence-electron chi connectivity index (χ2n) is 22.1. The fourth-order valence-electron chi connectivity index (χ4n) is 10.6. The first-order chi connectivity index (χ1) is 37.9. The highest BCUT2D eigenvalue weighted by atomic mass is 16.4. The molecular formula is C52H83N13O16. The molecule has 11 N–H and O–H groups in total. The molecule has 0 aliphatic carbocycles. The van der Waals surface area contributed by atoms with Crippen molar-refractivity contribution in [3.8, 4) is 0 Å². The van der Waals surface area contributed by atoms with Crippen LogP contribution in [0.3, 0.4) is 0 Å². The molecule has 12 amide bonds. The van der Waals surface area contributed by atoms with Crippen LogP contribution in [0.1, 0.15) is 120 Å². The second kappa shape index (κ2) is 29.3. The zero-order valence-electron chi connectivity index (χ0n) is 47.9. The van der Waals surface area contributed by atoms with E-state index in [-0.39, 0.29) is 45.4 Å². The fourth-order valence-corrected chi connectivity index (χ4v) is 10.6. The van der Waals surface area contributed by atoms with Crippen molar-refractivity contribution in [3.63, 3.8) is 0 Å². The zero-order chi connectivity index (χ0) is 60.9. The maximum atomic E-state index is 13.9. The number of carboxylic acids is 2. The molecule has 4 rings (SSSR count). The number of hydrogen-bond donors (Lipinski definition) is 10. The first kappa shape index (κ1) is 66.1. The fraction of sp³-hybridized carbons (Fsp3) is 0.731. The van der Waals surface area contributed by atoms with Crippen LogP contribution in [0.2, 0.25) is 0 Å². The number of nitrogens with one attached hydrogen (secondary N) is 7. The van der Waals surface area contributed by atoms with Gasteiger partial charge in [-0.15, -0.1) is 0 Å². The lowest BCUT2D eigenvalue weighted by atomic mass is 10.00. The summed E-state index contributed by atoms with van der Waals surface area (Å²) >= 11 is 0. The van der Waals surface area contributed by atoms with Gasteiger partial charge in [0.25, 0.3) is 0 Å². The number of carbonyl (C=O) groups is 14. The van der Waals surface area contributed by atoms with Gasteiger partial charge in [-0.2, -0.15) is 0 Å². The standard InChI is InChI=1S/C52H83N13O16/c1-25(2)39(51(79)65-22-14-18-36(65)50(78)61(10)40(26(3)4)52(80)81)60-43(71)29(7)57-45(73)33-15-11-19-62(33)37(66)24-54-41(69)27(5)55-46(74)34-16-12-20-63(34)48(76)30(8)58-42(70)28(6)56-47(75)35-17-13-21-64(35)49(77)31(9)59-44(72)32(53)23-38(67)68/h25-36,39-40H,11-24,53H2,1-10H3,(H,54,69)(H,55,74)(H,56,75)(H,57,73)(H,58,70)(H,59,72)(H,60,71)(H,67,68)(H,80,81)/t27-,28-,29-,30-,31-,32-,33-,34-,35-,36-,39-,40-/m0/s1. The van der Waals surface area contributed by atoms with E-state index in [1.54, 1.807) is 27.7 Å². The molecule has 0 bridgehead atoms. The van der Waals surface area contributed by atoms with Crippen LogP contribution in [-0.4, -0.2) is 230 Å². The van der Waals surface area contributed by atoms with Crippen molar-refractivity contribution >= 4 is 82.8 Å². The molecule has 4 aliphatic rings. The average Bonchev–Trinajstić information content (AvgIpc) is 4.26. The molecule has 4 saturated heterocycles. The van der Waals surface area contributed by atoms with E-state index in [1.165, 1.54) is 61.3 Å². The van der Waals surface area contributed by atoms with Crippen LogP contribution >= 0.6 is 0 Å². The molecule has 12 atom stereocenters. The van der Waals surface area contributed by atoms with Gasteiger partial charge in [-0.1, -0.05) is 27.7 Å². The van der Waals surface area contributed by atoms with Gasteiger partial charge >= 0.3 is 11.9 Å². The number of nitrogens with two attached hydrogens (primary N) is 1. The molecule has 0 spiro atoms. The maximum Gasteiger partial charge on any atom is 0.326 e. The Balaban J connectivity index is 1.24. The lowest BCUT2D eigenvalue weighted by Crippen LogP contribution is -2.59. The molecule has 29 heteroatoms. The van der Waals surface area contributed by atoms with E-state index in [4.69, 9.17) is 10.8 Å². The van der Waals surface area contributed by atoms with E-state index in [0.717, 1.165) is 4.90 Å². The molecule has 81 heavy (non-hydrogen) atoms. The number of carboxylic acid groups (broad SMARTS) is 2. The summed E-state index contributed by atoms with van der Waals surface area (Å²) in [6.45, 7) is 13.9. The second-order valence-corrected chi connectivity index (χ2v) is 22.1. The predicted molar refractivity (Wildman–Crippen MR) is 286 cm³/mol. The van der Waals surface area contributed by atoms with Crippen molar-refractivity contribution in [1.29, 1.82) is 0 Å². The molecule has 0 aromatic carbocycles. The van der Waals surface area contributed by atoms with Crippen LogP contribution in [0.4, 0.5) is 0 Å². The Bertz CT molecular complexity index is 2420. The summed E-state index contributed by atoms with van der Waals surface area (Å²) in [4.78, 5) is 190. The predicted octanol–water partition coefficient (Wildman–Crippen LogP) is -3.90. The third-order valence-corrected chi connectivity index (χ3v) is 15.1. The lowest BCUT2D eigenvalue weighted by molar-refractivity contribution is -0.154. The molecule has 4 aliphatic heterocycles. The van der Waals surface area contributed by atoms with E-state index < -0.39 is 180 Å². The zero-order valence-corrected chi connectivity index (χ0v) is 47.9. The Morgan fingerprint density at radius 2 is 0.864 bits per heavy atom. The molecule has 0 saturated carbocycles. The minimum atomic E-state index is -1.40. The highest BCUT2D eigenvalue weighted by Crippen LogP contribution is 2.25. The summed E-state index contributed by atoms with van der Waals surface area (Å²) in [5.41, 5.74) is 5.59. The van der Waals surface area contributed by atoms with Crippen molar-refractivity contribution in [3.05, 3.63) is 0 Å². The average molecular weight is 1150 g/mol. The molecule has 0 radical (unpaired) electrons. The maximum absolute atomic E-state index is 13.9. The molecule has 0 unspecified atom stereocenters. The van der Waals surface area contributed by atoms with E-state index in [0.29, 0.717) is 32.1 Å². The molecule has 452 valence electrons. The number of aliphatic carboxylic acids is 2. The topological polar surface area (TPSA) is 406 Å². The van der Waals surface area contributed by atoms with Crippen LogP contribution in [0.5, 0.6) is 0 Å². The van der Waals surface area contributed by atoms with Crippen molar-refractivity contribution < 1.29 is 77.3 Å². The number of carbonyl (C=O) groups excluding carboxylic acids is 12. The van der Waals surface area contributed by atoms with Gasteiger partial charge in [0.2, 0.25) is 70.9 Å². The van der Waals surface area contributed by atoms with E-state index >= 15 is 0 Å². The number of hydrogen-bond acceptors (Lipinski definition) is 15. The van der Waals surface area contributed by atoms with Crippen LogP contribution in [0, 0.1) is 11.8 Å². The van der Waals surface area contributed by atoms with Gasteiger partial charge in [0.15, 0.2) is 0 Å². The van der Waals surface area contributed by atoms with Gasteiger partial charge in [-0.05, 0) is 97.8 Å². The quantitative estimate of drug-likeness (QED) is 0.0418. The van der Waals surface area contributed by atoms with Crippen molar-refractivity contribution in [2.45, 2.75) is 193 Å². The summed E-state index contributed by atoms with van der Waals surface area (Å²) in [5, 5.41) is 36.5. The SMILES string of the molecule is CC(C)[C@H](NC(=O)[C@H](C)NC(=O)[C@@H]1CCCN1C(=O)CNC(=O)[C@H](C)NC(=O)[C@@H]1CCCN1C(=O)[C@H](C)NC(=O)[C@H](C)NC(=O)[C@@H]1CCCN1C(=O)[C@H](C)NC(=O)[C@@H](N)CC(=O)O)C(=O)N1CCC[C@H]1C(=O)N(C)[C@H](C(=O)O)C(C)C. The largest absolute Gasteiger partial charge is 0.481 e. The number of amides is 12. The van der Waals surface area contributed by atoms with Crippen LogP contribution in [-0.2, 0) is 67.1 Å². The first-order valence-corrected chi connectivity index (χ1v) is 27.7. The summed E-state index contributed by atoms with van der Waals surface area (Å²) in [7, 11) is 1.39. The Labute approximate surface area is 470 Å². The van der Waals surface area contributed by atoms with Gasteiger partial charge in [0.05, 0.1) is 19.0 Å². The van der Waals surface area contributed by atoms with Gasteiger partial charge in [-0.25, -0.2) is 4.79 Å². The number of nitrogens with zero attached hydrogens (tertiary/aromatic N) is 5. The highest BCUT2D eigenvalue weighted by molar-refractivity contribution is 5.99. The van der Waals surface area contributed by atoms with Crippen molar-refractivity contribution in [2.75, 3.05) is 39.8 Å². The van der Waals surface area contributed by atoms with Crippen molar-refractivity contribution in [1.82, 2.24) is 61.7 Å². The minimum Gasteiger partial charge on any atom is -0.481 e. The van der Waals surface area contributed by atoms with Crippen LogP contribution < -0.4 is 43.0 Å². The molecular weight excluding hydrogens is 1060 g/mol. The van der Waals surface area contributed by atoms with Gasteiger partial charge in [0, 0.05) is 33.2 Å². The van der Waals surface area contributed by atoms with E-state index in [9.17, 15) is 72.2 Å². The number of rotatable bonds is 25. The van der Waals surface area contributed by atoms with Crippen LogP contribution in [0.15, 0.2) is 0 Å². The molecule has 4 fully saturated rings. The first-order valence-electron chi connectivity index (χ1n) is 27.7. The Hall–Kier alpha value is -7.46. The monoisotopic (exact) mass is 1150 g/mol. The minimum absolute atomic E-state index is 0.152. The van der Waals surface area contributed by atoms with Gasteiger partial charge in [0.1, 0.15) is 66.5 Å². The number of likely N-dealkylation sites (tertiary alicyclic amines) is 4. The normalized spacial score (nSPS) is 21.8. The van der Waals surface area contributed by atoms with E-state index in [2.05, 4.69) is 37.2 Å². The summed E-state index contributed by atoms with van der Waals surface area (Å²) in [5.74, 6) is -11.3. The van der Waals surface area contributed by atoms with Crippen LogP contribution in [0.25, 0.3) is 0 Å². The number of likely N-dealkylation sites (N-methyl/N-ethyl adjacent to an activating group) is 1. The molecule has 4 heterocycles. The smallest absolute Gasteiger partial charge is 0.326 e. The molecule has 0 aromatic heterocycles. The Kier molecular flexibility index (Phi) is 23.9. The summed E-state index contributed by atoms with van der Waals surface area (Å²) < 4.78 is 0. The van der Waals surface area contributed by atoms with Gasteiger partial charge in [-0.3, -0.25) is 62.3 Å².